The van der Waals surface area contributed by atoms with Crippen LogP contribution in [0.15, 0.2) is 24.3 Å². The first-order valence-corrected chi connectivity index (χ1v) is 8.65. The minimum absolute atomic E-state index is 0.0264. The Balaban J connectivity index is 1.78. The van der Waals surface area contributed by atoms with E-state index in [4.69, 9.17) is 5.73 Å². The lowest BCUT2D eigenvalue weighted by atomic mass is 9.84. The van der Waals surface area contributed by atoms with E-state index in [1.807, 2.05) is 0 Å². The SMILES string of the molecule is NC(=O)NCc1ccc(C(=O)N2[C@@H]3CCCC[C@H]3C[C@H]2C(=O)O)cc1. The summed E-state index contributed by atoms with van der Waals surface area (Å²) in [7, 11) is 0. The second-order valence-corrected chi connectivity index (χ2v) is 6.83. The van der Waals surface area contributed by atoms with Gasteiger partial charge in [-0.15, -0.1) is 0 Å². The molecule has 1 saturated heterocycles. The van der Waals surface area contributed by atoms with Crippen molar-refractivity contribution in [3.63, 3.8) is 0 Å². The second kappa shape index (κ2) is 7.13. The maximum Gasteiger partial charge on any atom is 0.326 e. The van der Waals surface area contributed by atoms with E-state index < -0.39 is 18.0 Å². The van der Waals surface area contributed by atoms with Gasteiger partial charge in [-0.25, -0.2) is 9.59 Å². The van der Waals surface area contributed by atoms with E-state index in [1.54, 1.807) is 29.2 Å². The molecule has 1 aromatic rings. The number of urea groups is 1. The molecular formula is C18H23N3O4. The Morgan fingerprint density at radius 3 is 2.48 bits per heavy atom. The molecule has 0 spiro atoms. The minimum Gasteiger partial charge on any atom is -0.480 e. The molecule has 0 radical (unpaired) electrons. The molecule has 7 heteroatoms. The highest BCUT2D eigenvalue weighted by Crippen LogP contribution is 2.40. The van der Waals surface area contributed by atoms with E-state index in [-0.39, 0.29) is 24.4 Å². The summed E-state index contributed by atoms with van der Waals surface area (Å²) in [5.41, 5.74) is 6.33. The van der Waals surface area contributed by atoms with E-state index in [9.17, 15) is 19.5 Å². The number of aliphatic carboxylic acids is 1. The van der Waals surface area contributed by atoms with Gasteiger partial charge in [0.25, 0.3) is 5.91 Å². The molecule has 25 heavy (non-hydrogen) atoms. The molecule has 7 nitrogen and oxygen atoms in total. The Labute approximate surface area is 146 Å². The van der Waals surface area contributed by atoms with E-state index in [0.717, 1.165) is 31.2 Å². The third-order valence-corrected chi connectivity index (χ3v) is 5.28. The topological polar surface area (TPSA) is 113 Å². The number of nitrogens with zero attached hydrogens (tertiary/aromatic N) is 1. The van der Waals surface area contributed by atoms with Crippen LogP contribution in [0.4, 0.5) is 4.79 Å². The van der Waals surface area contributed by atoms with Crippen LogP contribution in [0.3, 0.4) is 0 Å². The lowest BCUT2D eigenvalue weighted by molar-refractivity contribution is -0.141. The van der Waals surface area contributed by atoms with Crippen molar-refractivity contribution in [3.8, 4) is 0 Å². The predicted octanol–water partition coefficient (Wildman–Crippen LogP) is 1.71. The molecule has 3 rings (SSSR count). The number of fused-ring (bicyclic) bond motifs is 1. The number of nitrogens with two attached hydrogens (primary N) is 1. The Hall–Kier alpha value is -2.57. The van der Waals surface area contributed by atoms with Crippen LogP contribution in [-0.4, -0.2) is 40.0 Å². The van der Waals surface area contributed by atoms with Gasteiger partial charge in [0.15, 0.2) is 0 Å². The number of hydrogen-bond donors (Lipinski definition) is 3. The first-order chi connectivity index (χ1) is 12.0. The summed E-state index contributed by atoms with van der Waals surface area (Å²) in [6, 6.07) is 5.52. The van der Waals surface area contributed by atoms with Crippen LogP contribution in [0.2, 0.25) is 0 Å². The fourth-order valence-corrected chi connectivity index (χ4v) is 4.08. The fraction of sp³-hybridized carbons (Fsp3) is 0.500. The number of hydrogen-bond acceptors (Lipinski definition) is 3. The van der Waals surface area contributed by atoms with Crippen LogP contribution in [0.25, 0.3) is 0 Å². The quantitative estimate of drug-likeness (QED) is 0.771. The number of benzene rings is 1. The first kappa shape index (κ1) is 17.3. The Morgan fingerprint density at radius 1 is 1.16 bits per heavy atom. The lowest BCUT2D eigenvalue weighted by Gasteiger charge is -2.33. The average molecular weight is 345 g/mol. The molecule has 1 aliphatic carbocycles. The van der Waals surface area contributed by atoms with Gasteiger partial charge in [0.2, 0.25) is 0 Å². The lowest BCUT2D eigenvalue weighted by Crippen LogP contribution is -2.46. The average Bonchev–Trinajstić information content (AvgIpc) is 2.99. The van der Waals surface area contributed by atoms with Crippen LogP contribution in [-0.2, 0) is 11.3 Å². The molecule has 3 amide bonds. The molecule has 0 unspecified atom stereocenters. The van der Waals surface area contributed by atoms with E-state index in [2.05, 4.69) is 5.32 Å². The Bertz CT molecular complexity index is 673. The van der Waals surface area contributed by atoms with E-state index in [0.29, 0.717) is 12.0 Å². The standard InChI is InChI=1S/C18H23N3O4/c19-18(25)20-10-11-5-7-12(8-6-11)16(22)21-14-4-2-1-3-13(14)9-15(21)17(23)24/h5-8,13-15H,1-4,9-10H2,(H,23,24)(H3,19,20,25)/t13-,14+,15-/m0/s1. The van der Waals surface area contributed by atoms with Gasteiger partial charge in [0.05, 0.1) is 0 Å². The maximum atomic E-state index is 13.0. The van der Waals surface area contributed by atoms with Gasteiger partial charge >= 0.3 is 12.0 Å². The monoisotopic (exact) mass is 345 g/mol. The number of nitrogens with one attached hydrogen (secondary N) is 1. The minimum atomic E-state index is -0.926. The van der Waals surface area contributed by atoms with Gasteiger partial charge in [0.1, 0.15) is 6.04 Å². The highest BCUT2D eigenvalue weighted by Gasteiger charge is 2.47. The molecule has 1 aliphatic heterocycles. The molecule has 2 aliphatic rings. The zero-order chi connectivity index (χ0) is 18.0. The third-order valence-electron chi connectivity index (χ3n) is 5.28. The van der Waals surface area contributed by atoms with Crippen molar-refractivity contribution in [2.45, 2.75) is 50.7 Å². The van der Waals surface area contributed by atoms with Crippen molar-refractivity contribution in [2.24, 2.45) is 11.7 Å². The summed E-state index contributed by atoms with van der Waals surface area (Å²) in [5.74, 6) is -0.862. The molecule has 0 aromatic heterocycles. The molecule has 0 bridgehead atoms. The van der Waals surface area contributed by atoms with Crippen LogP contribution in [0.5, 0.6) is 0 Å². The molecule has 1 heterocycles. The van der Waals surface area contributed by atoms with Crippen LogP contribution in [0.1, 0.15) is 48.0 Å². The number of likely N-dealkylation sites (tertiary alicyclic amines) is 1. The van der Waals surface area contributed by atoms with Gasteiger partial charge < -0.3 is 21.1 Å². The summed E-state index contributed by atoms with van der Waals surface area (Å²) in [6.45, 7) is 0.288. The Kier molecular flexibility index (Phi) is 4.92. The highest BCUT2D eigenvalue weighted by atomic mass is 16.4. The second-order valence-electron chi connectivity index (χ2n) is 6.83. The van der Waals surface area contributed by atoms with E-state index in [1.165, 1.54) is 0 Å². The Morgan fingerprint density at radius 2 is 1.84 bits per heavy atom. The molecular weight excluding hydrogens is 322 g/mol. The van der Waals surface area contributed by atoms with E-state index >= 15 is 0 Å². The molecule has 1 saturated carbocycles. The summed E-state index contributed by atoms with van der Waals surface area (Å²) < 4.78 is 0. The van der Waals surface area contributed by atoms with Crippen molar-refractivity contribution in [1.82, 2.24) is 10.2 Å². The third kappa shape index (κ3) is 3.60. The number of carbonyl (C=O) groups is 3. The maximum absolute atomic E-state index is 13.0. The molecule has 2 fully saturated rings. The number of primary amides is 1. The highest BCUT2D eigenvalue weighted by molar-refractivity contribution is 5.97. The number of carbonyl (C=O) groups excluding carboxylic acids is 2. The number of carboxylic acids is 1. The molecule has 3 atom stereocenters. The van der Waals surface area contributed by atoms with Crippen molar-refractivity contribution in [3.05, 3.63) is 35.4 Å². The molecule has 134 valence electrons. The first-order valence-electron chi connectivity index (χ1n) is 8.65. The van der Waals surface area contributed by atoms with Crippen LogP contribution >= 0.6 is 0 Å². The summed E-state index contributed by atoms with van der Waals surface area (Å²) in [4.78, 5) is 37.0. The number of carboxylic acid groups (broad SMARTS) is 1. The van der Waals surface area contributed by atoms with Crippen molar-refractivity contribution in [1.29, 1.82) is 0 Å². The summed E-state index contributed by atoms with van der Waals surface area (Å²) >= 11 is 0. The largest absolute Gasteiger partial charge is 0.480 e. The number of rotatable bonds is 4. The van der Waals surface area contributed by atoms with Gasteiger partial charge in [-0.2, -0.15) is 0 Å². The summed E-state index contributed by atoms with van der Waals surface area (Å²) in [6.07, 6.45) is 4.56. The van der Waals surface area contributed by atoms with Gasteiger partial charge in [-0.05, 0) is 42.9 Å². The van der Waals surface area contributed by atoms with Crippen molar-refractivity contribution in [2.75, 3.05) is 0 Å². The molecule has 4 N–H and O–H groups in total. The van der Waals surface area contributed by atoms with Crippen molar-refractivity contribution >= 4 is 17.9 Å². The summed E-state index contributed by atoms with van der Waals surface area (Å²) in [5, 5.41) is 12.0. The van der Waals surface area contributed by atoms with Gasteiger partial charge in [-0.1, -0.05) is 25.0 Å². The molecule has 1 aromatic carbocycles. The smallest absolute Gasteiger partial charge is 0.326 e. The zero-order valence-electron chi connectivity index (χ0n) is 14.0. The van der Waals surface area contributed by atoms with Crippen LogP contribution in [0, 0.1) is 5.92 Å². The normalized spacial score (nSPS) is 25.3. The number of amides is 3. The predicted molar refractivity (Wildman–Crippen MR) is 90.8 cm³/mol. The zero-order valence-corrected chi connectivity index (χ0v) is 14.0. The van der Waals surface area contributed by atoms with Crippen LogP contribution < -0.4 is 11.1 Å². The van der Waals surface area contributed by atoms with Gasteiger partial charge in [0, 0.05) is 18.2 Å². The van der Waals surface area contributed by atoms with Crippen molar-refractivity contribution < 1.29 is 19.5 Å². The van der Waals surface area contributed by atoms with Gasteiger partial charge in [-0.3, -0.25) is 4.79 Å². The fourth-order valence-electron chi connectivity index (χ4n) is 4.08.